The van der Waals surface area contributed by atoms with Gasteiger partial charge in [-0.2, -0.15) is 0 Å². The van der Waals surface area contributed by atoms with Crippen LogP contribution in [0.3, 0.4) is 0 Å². The van der Waals surface area contributed by atoms with Crippen molar-refractivity contribution in [1.29, 1.82) is 0 Å². The van der Waals surface area contributed by atoms with Gasteiger partial charge in [0.25, 0.3) is 0 Å². The Morgan fingerprint density at radius 3 is 2.75 bits per heavy atom. The second kappa shape index (κ2) is 3.26. The van der Waals surface area contributed by atoms with E-state index in [-0.39, 0.29) is 0 Å². The van der Waals surface area contributed by atoms with Crippen molar-refractivity contribution in [3.05, 3.63) is 29.8 Å². The van der Waals surface area contributed by atoms with Crippen LogP contribution in [0.2, 0.25) is 0 Å². The summed E-state index contributed by atoms with van der Waals surface area (Å²) in [5, 5.41) is 8.69. The van der Waals surface area contributed by atoms with Gasteiger partial charge in [0.05, 0.1) is 5.92 Å². The molecule has 0 saturated heterocycles. The minimum Gasteiger partial charge on any atom is -0.481 e. The van der Waals surface area contributed by atoms with Gasteiger partial charge in [-0.15, -0.1) is 0 Å². The highest BCUT2D eigenvalue weighted by Gasteiger charge is 2.12. The largest absolute Gasteiger partial charge is 0.481 e. The fourth-order valence-electron chi connectivity index (χ4n) is 0.971. The summed E-state index contributed by atoms with van der Waals surface area (Å²) in [5.74, 6) is -1.32. The molecule has 0 radical (unpaired) electrons. The van der Waals surface area contributed by atoms with Crippen molar-refractivity contribution in [2.75, 3.05) is 5.73 Å². The molecule has 12 heavy (non-hydrogen) atoms. The van der Waals surface area contributed by atoms with Gasteiger partial charge in [0.1, 0.15) is 0 Å². The average molecular weight is 165 g/mol. The number of hydrogen-bond donors (Lipinski definition) is 2. The maximum Gasteiger partial charge on any atom is 0.310 e. The third kappa shape index (κ3) is 1.75. The second-order valence-electron chi connectivity index (χ2n) is 2.73. The highest BCUT2D eigenvalue weighted by molar-refractivity contribution is 5.75. The van der Waals surface area contributed by atoms with Crippen LogP contribution in [0, 0.1) is 0 Å². The molecule has 1 aromatic rings. The molecule has 0 amide bonds. The zero-order valence-corrected chi connectivity index (χ0v) is 6.82. The Bertz CT molecular complexity index is 296. The topological polar surface area (TPSA) is 63.3 Å². The number of anilines is 1. The Hall–Kier alpha value is -1.51. The van der Waals surface area contributed by atoms with Crippen molar-refractivity contribution in [1.82, 2.24) is 0 Å². The van der Waals surface area contributed by atoms with E-state index < -0.39 is 11.9 Å². The zero-order valence-electron chi connectivity index (χ0n) is 6.82. The Kier molecular flexibility index (Phi) is 2.33. The fourth-order valence-corrected chi connectivity index (χ4v) is 0.971. The SMILES string of the molecule is C[C@H](C(=O)O)c1cccc(N)c1. The molecule has 0 heterocycles. The molecule has 0 saturated carbocycles. The summed E-state index contributed by atoms with van der Waals surface area (Å²) in [4.78, 5) is 10.6. The Balaban J connectivity index is 2.95. The molecule has 0 fully saturated rings. The second-order valence-corrected chi connectivity index (χ2v) is 2.73. The van der Waals surface area contributed by atoms with Gasteiger partial charge < -0.3 is 10.8 Å². The molecule has 0 aromatic heterocycles. The highest BCUT2D eigenvalue weighted by atomic mass is 16.4. The van der Waals surface area contributed by atoms with Crippen molar-refractivity contribution in [2.45, 2.75) is 12.8 Å². The number of carbonyl (C=O) groups is 1. The van der Waals surface area contributed by atoms with Gasteiger partial charge in [0.2, 0.25) is 0 Å². The first-order valence-electron chi connectivity index (χ1n) is 3.69. The van der Waals surface area contributed by atoms with Crippen LogP contribution in [0.1, 0.15) is 18.4 Å². The number of hydrogen-bond acceptors (Lipinski definition) is 2. The van der Waals surface area contributed by atoms with Crippen molar-refractivity contribution in [3.8, 4) is 0 Å². The molecular formula is C9H11NO2. The first kappa shape index (κ1) is 8.59. The first-order chi connectivity index (χ1) is 5.61. The van der Waals surface area contributed by atoms with Crippen LogP contribution < -0.4 is 5.73 Å². The molecular weight excluding hydrogens is 154 g/mol. The number of carboxylic acids is 1. The molecule has 1 aromatic carbocycles. The van der Waals surface area contributed by atoms with Crippen molar-refractivity contribution in [3.63, 3.8) is 0 Å². The summed E-state index contributed by atoms with van der Waals surface area (Å²) >= 11 is 0. The lowest BCUT2D eigenvalue weighted by Gasteiger charge is -2.06. The molecule has 0 spiro atoms. The quantitative estimate of drug-likeness (QED) is 0.652. The molecule has 3 N–H and O–H groups in total. The summed E-state index contributed by atoms with van der Waals surface area (Å²) in [6.45, 7) is 1.64. The van der Waals surface area contributed by atoms with Crippen LogP contribution in [0.25, 0.3) is 0 Å². The molecule has 64 valence electrons. The average Bonchev–Trinajstić information content (AvgIpc) is 2.03. The van der Waals surface area contributed by atoms with E-state index in [0.29, 0.717) is 5.69 Å². The lowest BCUT2D eigenvalue weighted by atomic mass is 10.0. The van der Waals surface area contributed by atoms with Crippen LogP contribution in [0.4, 0.5) is 5.69 Å². The summed E-state index contributed by atoms with van der Waals surface area (Å²) in [6, 6.07) is 6.93. The summed E-state index contributed by atoms with van der Waals surface area (Å²) in [5.41, 5.74) is 6.84. The van der Waals surface area contributed by atoms with Gasteiger partial charge in [-0.05, 0) is 24.6 Å². The number of benzene rings is 1. The lowest BCUT2D eigenvalue weighted by Crippen LogP contribution is -2.07. The highest BCUT2D eigenvalue weighted by Crippen LogP contribution is 2.17. The predicted octanol–water partition coefficient (Wildman–Crippen LogP) is 1.46. The van der Waals surface area contributed by atoms with E-state index in [2.05, 4.69) is 0 Å². The van der Waals surface area contributed by atoms with Gasteiger partial charge in [-0.3, -0.25) is 4.79 Å². The standard InChI is InChI=1S/C9H11NO2/c1-6(9(11)12)7-3-2-4-8(10)5-7/h2-6H,10H2,1H3,(H,11,12)/t6-/m0/s1. The molecule has 1 rings (SSSR count). The van der Waals surface area contributed by atoms with Crippen LogP contribution in [0.15, 0.2) is 24.3 Å². The molecule has 1 atom stereocenters. The van der Waals surface area contributed by atoms with E-state index in [9.17, 15) is 4.79 Å². The Morgan fingerprint density at radius 1 is 1.58 bits per heavy atom. The van der Waals surface area contributed by atoms with Crippen molar-refractivity contribution < 1.29 is 9.90 Å². The maximum absolute atomic E-state index is 10.6. The van der Waals surface area contributed by atoms with Crippen LogP contribution >= 0.6 is 0 Å². The molecule has 0 bridgehead atoms. The fraction of sp³-hybridized carbons (Fsp3) is 0.222. The predicted molar refractivity (Wildman–Crippen MR) is 46.9 cm³/mol. The Labute approximate surface area is 70.8 Å². The normalized spacial score (nSPS) is 12.4. The number of carboxylic acid groups (broad SMARTS) is 1. The zero-order chi connectivity index (χ0) is 9.14. The van der Waals surface area contributed by atoms with E-state index in [4.69, 9.17) is 10.8 Å². The van der Waals surface area contributed by atoms with Crippen LogP contribution in [0.5, 0.6) is 0 Å². The minimum absolute atomic E-state index is 0.492. The van der Waals surface area contributed by atoms with E-state index in [1.807, 2.05) is 0 Å². The van der Waals surface area contributed by atoms with Gasteiger partial charge in [-0.1, -0.05) is 12.1 Å². The molecule has 3 nitrogen and oxygen atoms in total. The third-order valence-corrected chi connectivity index (χ3v) is 1.78. The van der Waals surface area contributed by atoms with Gasteiger partial charge in [-0.25, -0.2) is 0 Å². The molecule has 0 aliphatic carbocycles. The number of nitrogen functional groups attached to an aromatic ring is 1. The monoisotopic (exact) mass is 165 g/mol. The molecule has 0 unspecified atom stereocenters. The minimum atomic E-state index is -0.833. The van der Waals surface area contributed by atoms with Crippen LogP contribution in [-0.4, -0.2) is 11.1 Å². The summed E-state index contributed by atoms with van der Waals surface area (Å²) < 4.78 is 0. The van der Waals surface area contributed by atoms with Crippen molar-refractivity contribution in [2.24, 2.45) is 0 Å². The van der Waals surface area contributed by atoms with Gasteiger partial charge in [0, 0.05) is 5.69 Å². The number of aliphatic carboxylic acids is 1. The van der Waals surface area contributed by atoms with Gasteiger partial charge >= 0.3 is 5.97 Å². The van der Waals surface area contributed by atoms with E-state index in [1.165, 1.54) is 0 Å². The van der Waals surface area contributed by atoms with Gasteiger partial charge in [0.15, 0.2) is 0 Å². The van der Waals surface area contributed by atoms with E-state index in [0.717, 1.165) is 5.56 Å². The summed E-state index contributed by atoms with van der Waals surface area (Å²) in [6.07, 6.45) is 0. The van der Waals surface area contributed by atoms with Crippen molar-refractivity contribution >= 4 is 11.7 Å². The third-order valence-electron chi connectivity index (χ3n) is 1.78. The number of nitrogens with two attached hydrogens (primary N) is 1. The Morgan fingerprint density at radius 2 is 2.25 bits per heavy atom. The van der Waals surface area contributed by atoms with Crippen LogP contribution in [-0.2, 0) is 4.79 Å². The first-order valence-corrected chi connectivity index (χ1v) is 3.69. The van der Waals surface area contributed by atoms with E-state index in [1.54, 1.807) is 31.2 Å². The summed E-state index contributed by atoms with van der Waals surface area (Å²) in [7, 11) is 0. The smallest absolute Gasteiger partial charge is 0.310 e. The molecule has 0 aliphatic heterocycles. The lowest BCUT2D eigenvalue weighted by molar-refractivity contribution is -0.138. The maximum atomic E-state index is 10.6. The number of rotatable bonds is 2. The molecule has 0 aliphatic rings. The molecule has 3 heteroatoms. The van der Waals surface area contributed by atoms with E-state index >= 15 is 0 Å².